The van der Waals surface area contributed by atoms with Crippen molar-refractivity contribution in [3.05, 3.63) is 0 Å². The fourth-order valence-electron chi connectivity index (χ4n) is 0.507. The summed E-state index contributed by atoms with van der Waals surface area (Å²) in [6.45, 7) is 5.00. The largest absolute Gasteiger partial charge is 0.430 e. The highest BCUT2D eigenvalue weighted by molar-refractivity contribution is 5.80. The van der Waals surface area contributed by atoms with Crippen molar-refractivity contribution in [3.8, 4) is 0 Å². The average Bonchev–Trinajstić information content (AvgIpc) is 2.04. The number of hydrogen-bond acceptors (Lipinski definition) is 5. The van der Waals surface area contributed by atoms with Gasteiger partial charge in [0.2, 0.25) is 6.79 Å². The van der Waals surface area contributed by atoms with Crippen LogP contribution >= 0.6 is 0 Å². The first kappa shape index (κ1) is 11.9. The lowest BCUT2D eigenvalue weighted by Gasteiger charge is -2.25. The van der Waals surface area contributed by atoms with E-state index in [9.17, 15) is 9.59 Å². The van der Waals surface area contributed by atoms with Crippen LogP contribution in [0.1, 0.15) is 20.8 Å². The maximum absolute atomic E-state index is 11.2. The number of carbonyl (C=O) groups excluding carboxylic acids is 2. The Kier molecular flexibility index (Phi) is 4.40. The Hall–Kier alpha value is -1.10. The number of hydrogen-bond donors (Lipinski definition) is 1. The van der Waals surface area contributed by atoms with Gasteiger partial charge in [-0.25, -0.2) is 4.79 Å². The third-order valence-corrected chi connectivity index (χ3v) is 1.97. The Bertz CT molecular complexity index is 189. The summed E-state index contributed by atoms with van der Waals surface area (Å²) in [5, 5.41) is 0. The van der Waals surface area contributed by atoms with Crippen LogP contribution in [0.4, 0.5) is 0 Å². The quantitative estimate of drug-likeness (QED) is 0.286. The van der Waals surface area contributed by atoms with Gasteiger partial charge in [0.05, 0.1) is 0 Å². The fraction of sp³-hybridized carbons (Fsp3) is 0.750. The van der Waals surface area contributed by atoms with Crippen LogP contribution in [0.2, 0.25) is 0 Å². The summed E-state index contributed by atoms with van der Waals surface area (Å²) >= 11 is 0. The van der Waals surface area contributed by atoms with Crippen LogP contribution < -0.4 is 5.73 Å². The summed E-state index contributed by atoms with van der Waals surface area (Å²) in [5.41, 5.74) is 4.62. The Labute approximate surface area is 77.2 Å². The summed E-state index contributed by atoms with van der Waals surface area (Å²) in [4.78, 5) is 21.0. The molecule has 0 unspecified atom stereocenters. The number of esters is 1. The minimum absolute atomic E-state index is 0.0452. The molecule has 0 radical (unpaired) electrons. The van der Waals surface area contributed by atoms with E-state index in [0.29, 0.717) is 0 Å². The van der Waals surface area contributed by atoms with Crippen LogP contribution in [0, 0.1) is 5.92 Å². The van der Waals surface area contributed by atoms with Crippen molar-refractivity contribution in [1.82, 2.24) is 0 Å². The van der Waals surface area contributed by atoms with E-state index in [1.165, 1.54) is 0 Å². The molecule has 0 bridgehead atoms. The monoisotopic (exact) mass is 189 g/mol. The molecule has 0 fully saturated rings. The van der Waals surface area contributed by atoms with E-state index in [4.69, 9.17) is 5.73 Å². The van der Waals surface area contributed by atoms with E-state index in [0.717, 1.165) is 0 Å². The lowest BCUT2D eigenvalue weighted by Crippen LogP contribution is -2.50. The highest BCUT2D eigenvalue weighted by atomic mass is 16.7. The molecule has 0 saturated heterocycles. The highest BCUT2D eigenvalue weighted by Crippen LogP contribution is 2.14. The van der Waals surface area contributed by atoms with Crippen molar-refractivity contribution in [2.24, 2.45) is 11.7 Å². The van der Waals surface area contributed by atoms with Gasteiger partial charge >= 0.3 is 5.97 Å². The van der Waals surface area contributed by atoms with Crippen LogP contribution in [0.25, 0.3) is 0 Å². The summed E-state index contributed by atoms with van der Waals surface area (Å²) in [5.74, 6) is -0.624. The van der Waals surface area contributed by atoms with Crippen LogP contribution in [0.15, 0.2) is 0 Å². The molecular formula is C8H15NO4. The van der Waals surface area contributed by atoms with Crippen LogP contribution in [0.5, 0.6) is 0 Å². The molecule has 0 spiro atoms. The first-order valence-corrected chi connectivity index (χ1v) is 3.94. The van der Waals surface area contributed by atoms with Gasteiger partial charge in [-0.1, -0.05) is 13.8 Å². The highest BCUT2D eigenvalue weighted by Gasteiger charge is 2.33. The third kappa shape index (κ3) is 3.42. The molecule has 0 rings (SSSR count). The van der Waals surface area contributed by atoms with E-state index in [1.54, 1.807) is 6.92 Å². The summed E-state index contributed by atoms with van der Waals surface area (Å²) in [6, 6.07) is 0. The summed E-state index contributed by atoms with van der Waals surface area (Å²) in [6.07, 6.45) is 0. The number of ether oxygens (including phenoxy) is 2. The third-order valence-electron chi connectivity index (χ3n) is 1.97. The van der Waals surface area contributed by atoms with E-state index in [-0.39, 0.29) is 19.2 Å². The van der Waals surface area contributed by atoms with E-state index >= 15 is 0 Å². The molecule has 76 valence electrons. The SMILES string of the molecule is CC(C)[C@](C)(N)C(=O)OCOC=O. The standard InChI is InChI=1S/C8H15NO4/c1-6(2)8(3,9)7(11)13-5-12-4-10/h4,6H,5,9H2,1-3H3/t8-/m0/s1. The second kappa shape index (κ2) is 4.81. The van der Waals surface area contributed by atoms with Gasteiger partial charge in [0.1, 0.15) is 5.54 Å². The Morgan fingerprint density at radius 2 is 2.15 bits per heavy atom. The molecule has 0 aromatic rings. The zero-order valence-electron chi connectivity index (χ0n) is 8.07. The van der Waals surface area contributed by atoms with Gasteiger partial charge in [-0.15, -0.1) is 0 Å². The Morgan fingerprint density at radius 3 is 2.54 bits per heavy atom. The Balaban J connectivity index is 4.02. The first-order chi connectivity index (χ1) is 5.92. The zero-order valence-corrected chi connectivity index (χ0v) is 8.07. The van der Waals surface area contributed by atoms with Crippen molar-refractivity contribution in [2.45, 2.75) is 26.3 Å². The second-order valence-corrected chi connectivity index (χ2v) is 3.25. The van der Waals surface area contributed by atoms with Gasteiger partial charge in [0.25, 0.3) is 6.47 Å². The molecular weight excluding hydrogens is 174 g/mol. The second-order valence-electron chi connectivity index (χ2n) is 3.25. The fourth-order valence-corrected chi connectivity index (χ4v) is 0.507. The van der Waals surface area contributed by atoms with E-state index in [2.05, 4.69) is 9.47 Å². The molecule has 1 atom stereocenters. The molecule has 0 aliphatic rings. The average molecular weight is 189 g/mol. The topological polar surface area (TPSA) is 78.6 Å². The maximum atomic E-state index is 11.2. The summed E-state index contributed by atoms with van der Waals surface area (Å²) < 4.78 is 8.79. The lowest BCUT2D eigenvalue weighted by molar-refractivity contribution is -0.166. The van der Waals surface area contributed by atoms with E-state index in [1.807, 2.05) is 13.8 Å². The van der Waals surface area contributed by atoms with Crippen molar-refractivity contribution < 1.29 is 19.1 Å². The minimum Gasteiger partial charge on any atom is -0.430 e. The molecule has 0 amide bonds. The molecule has 0 saturated carbocycles. The van der Waals surface area contributed by atoms with Crippen LogP contribution in [-0.2, 0) is 19.1 Å². The van der Waals surface area contributed by atoms with Gasteiger partial charge in [-0.05, 0) is 12.8 Å². The zero-order chi connectivity index (χ0) is 10.5. The molecule has 5 heteroatoms. The number of nitrogens with two attached hydrogens (primary N) is 1. The molecule has 0 aromatic carbocycles. The molecule has 5 nitrogen and oxygen atoms in total. The van der Waals surface area contributed by atoms with Gasteiger partial charge in [0.15, 0.2) is 0 Å². The molecule has 0 aromatic heterocycles. The molecule has 0 heterocycles. The van der Waals surface area contributed by atoms with E-state index < -0.39 is 11.5 Å². The van der Waals surface area contributed by atoms with Gasteiger partial charge in [0, 0.05) is 0 Å². The van der Waals surface area contributed by atoms with Gasteiger partial charge in [-0.3, -0.25) is 4.79 Å². The molecule has 13 heavy (non-hydrogen) atoms. The van der Waals surface area contributed by atoms with Crippen molar-refractivity contribution >= 4 is 12.4 Å². The number of rotatable bonds is 5. The predicted octanol–water partition coefficient (Wildman–Crippen LogP) is 0.0335. The summed E-state index contributed by atoms with van der Waals surface area (Å²) in [7, 11) is 0. The molecule has 0 aliphatic carbocycles. The predicted molar refractivity (Wildman–Crippen MR) is 45.5 cm³/mol. The van der Waals surface area contributed by atoms with Gasteiger partial charge in [-0.2, -0.15) is 0 Å². The maximum Gasteiger partial charge on any atom is 0.328 e. The van der Waals surface area contributed by atoms with Crippen molar-refractivity contribution in [3.63, 3.8) is 0 Å². The van der Waals surface area contributed by atoms with Gasteiger partial charge < -0.3 is 15.2 Å². The van der Waals surface area contributed by atoms with Crippen molar-refractivity contribution in [2.75, 3.05) is 6.79 Å². The molecule has 0 aliphatic heterocycles. The Morgan fingerprint density at radius 1 is 1.62 bits per heavy atom. The van der Waals surface area contributed by atoms with Crippen LogP contribution in [-0.4, -0.2) is 24.8 Å². The molecule has 2 N–H and O–H groups in total. The normalized spacial score (nSPS) is 14.8. The number of carbonyl (C=O) groups is 2. The smallest absolute Gasteiger partial charge is 0.328 e. The van der Waals surface area contributed by atoms with Crippen molar-refractivity contribution in [1.29, 1.82) is 0 Å². The van der Waals surface area contributed by atoms with Crippen LogP contribution in [0.3, 0.4) is 0 Å². The first-order valence-electron chi connectivity index (χ1n) is 3.94. The lowest BCUT2D eigenvalue weighted by atomic mass is 9.90. The minimum atomic E-state index is -1.05.